The maximum Gasteiger partial charge on any atom is 0.387 e. The van der Waals surface area contributed by atoms with E-state index in [1.807, 2.05) is 0 Å². The van der Waals surface area contributed by atoms with Gasteiger partial charge in [0.05, 0.1) is 0 Å². The normalized spacial score (nSPS) is 15.7. The molecule has 0 bridgehead atoms. The van der Waals surface area contributed by atoms with Gasteiger partial charge in [0.1, 0.15) is 11.6 Å². The molecule has 1 aromatic rings. The van der Waals surface area contributed by atoms with Crippen LogP contribution >= 0.6 is 0 Å². The molecule has 0 saturated carbocycles. The summed E-state index contributed by atoms with van der Waals surface area (Å²) in [6.45, 7) is -1.27. The number of nitrogens with one attached hydrogen (secondary N) is 2. The maximum atomic E-state index is 13.7. The number of ether oxygens (including phenoxy) is 1. The van der Waals surface area contributed by atoms with Crippen molar-refractivity contribution in [2.45, 2.75) is 38.8 Å². The van der Waals surface area contributed by atoms with Crippen LogP contribution in [0.4, 0.5) is 13.2 Å². The molecule has 1 aliphatic rings. The Hall–Kier alpha value is -1.76. The Morgan fingerprint density at radius 2 is 2.09 bits per heavy atom. The molecule has 0 aromatic heterocycles. The summed E-state index contributed by atoms with van der Waals surface area (Å²) in [5.41, 5.74) is -0.0667. The molecule has 0 radical (unpaired) electrons. The molecule has 1 aliphatic heterocycles. The number of piperidine rings is 1. The van der Waals surface area contributed by atoms with E-state index in [0.717, 1.165) is 38.4 Å². The van der Waals surface area contributed by atoms with Crippen LogP contribution in [0.2, 0.25) is 0 Å². The molecule has 2 rings (SSSR count). The van der Waals surface area contributed by atoms with Crippen LogP contribution in [0.3, 0.4) is 0 Å². The van der Waals surface area contributed by atoms with E-state index in [2.05, 4.69) is 15.4 Å². The summed E-state index contributed by atoms with van der Waals surface area (Å²) >= 11 is 0. The van der Waals surface area contributed by atoms with Gasteiger partial charge in [0, 0.05) is 18.5 Å². The van der Waals surface area contributed by atoms with Crippen molar-refractivity contribution in [2.75, 3.05) is 13.1 Å². The molecule has 1 amide bonds. The van der Waals surface area contributed by atoms with Crippen molar-refractivity contribution < 1.29 is 22.7 Å². The zero-order valence-electron chi connectivity index (χ0n) is 12.8. The fourth-order valence-corrected chi connectivity index (χ4v) is 2.70. The van der Waals surface area contributed by atoms with Crippen molar-refractivity contribution in [3.8, 4) is 5.75 Å². The van der Waals surface area contributed by atoms with Gasteiger partial charge in [0.2, 0.25) is 5.91 Å². The number of halogens is 3. The fourth-order valence-electron chi connectivity index (χ4n) is 2.70. The summed E-state index contributed by atoms with van der Waals surface area (Å²) in [7, 11) is 0. The van der Waals surface area contributed by atoms with Gasteiger partial charge in [-0.2, -0.15) is 8.78 Å². The number of rotatable bonds is 7. The average Bonchev–Trinajstić information content (AvgIpc) is 2.53. The largest absolute Gasteiger partial charge is 0.434 e. The van der Waals surface area contributed by atoms with Gasteiger partial charge in [0.25, 0.3) is 0 Å². The van der Waals surface area contributed by atoms with Gasteiger partial charge in [-0.25, -0.2) is 4.39 Å². The van der Waals surface area contributed by atoms with Crippen molar-refractivity contribution in [3.05, 3.63) is 29.6 Å². The van der Waals surface area contributed by atoms with Crippen molar-refractivity contribution >= 4 is 5.91 Å². The molecule has 2 N–H and O–H groups in total. The highest BCUT2D eigenvalue weighted by molar-refractivity contribution is 5.75. The van der Waals surface area contributed by atoms with E-state index < -0.39 is 12.4 Å². The summed E-state index contributed by atoms with van der Waals surface area (Å²) in [5, 5.41) is 5.83. The Labute approximate surface area is 133 Å². The van der Waals surface area contributed by atoms with Crippen molar-refractivity contribution in [3.63, 3.8) is 0 Å². The summed E-state index contributed by atoms with van der Waals surface area (Å²) in [6.07, 6.45) is 3.23. The van der Waals surface area contributed by atoms with Crippen LogP contribution in [0.5, 0.6) is 5.75 Å². The monoisotopic (exact) mass is 330 g/mol. The summed E-state index contributed by atoms with van der Waals surface area (Å²) in [5.74, 6) is -0.622. The first-order valence-corrected chi connectivity index (χ1v) is 7.76. The SMILES string of the molecule is O=C(CCC1CCNCC1)NCc1c(F)cccc1OC(F)F. The van der Waals surface area contributed by atoms with Crippen LogP contribution in [0.25, 0.3) is 0 Å². The van der Waals surface area contributed by atoms with E-state index in [0.29, 0.717) is 12.3 Å². The van der Waals surface area contributed by atoms with Gasteiger partial charge >= 0.3 is 6.61 Å². The molecule has 0 unspecified atom stereocenters. The van der Waals surface area contributed by atoms with Crippen LogP contribution < -0.4 is 15.4 Å². The van der Waals surface area contributed by atoms with E-state index in [-0.39, 0.29) is 23.8 Å². The number of carbonyl (C=O) groups is 1. The van der Waals surface area contributed by atoms with Gasteiger partial charge < -0.3 is 15.4 Å². The van der Waals surface area contributed by atoms with Crippen molar-refractivity contribution in [2.24, 2.45) is 5.92 Å². The number of amides is 1. The molecule has 7 heteroatoms. The third kappa shape index (κ3) is 5.74. The van der Waals surface area contributed by atoms with Crippen LogP contribution in [0.1, 0.15) is 31.2 Å². The minimum absolute atomic E-state index is 0.0667. The van der Waals surface area contributed by atoms with E-state index >= 15 is 0 Å². The maximum absolute atomic E-state index is 13.7. The van der Waals surface area contributed by atoms with E-state index in [9.17, 15) is 18.0 Å². The molecule has 1 aromatic carbocycles. The molecule has 0 spiro atoms. The number of carbonyl (C=O) groups excluding carboxylic acids is 1. The molecule has 128 valence electrons. The molecular weight excluding hydrogens is 309 g/mol. The lowest BCUT2D eigenvalue weighted by Crippen LogP contribution is -2.29. The van der Waals surface area contributed by atoms with Crippen LogP contribution in [0, 0.1) is 11.7 Å². The standard InChI is InChI=1S/C16H21F3N2O2/c17-13-2-1-3-14(23-16(18)19)12(13)10-21-15(22)5-4-11-6-8-20-9-7-11/h1-3,11,16,20H,4-10H2,(H,21,22). The summed E-state index contributed by atoms with van der Waals surface area (Å²) in [6, 6.07) is 3.69. The van der Waals surface area contributed by atoms with Crippen molar-refractivity contribution in [1.29, 1.82) is 0 Å². The lowest BCUT2D eigenvalue weighted by atomic mass is 9.93. The van der Waals surface area contributed by atoms with Gasteiger partial charge in [-0.15, -0.1) is 0 Å². The predicted octanol–water partition coefficient (Wildman–Crippen LogP) is 2.82. The molecule has 4 nitrogen and oxygen atoms in total. The fraction of sp³-hybridized carbons (Fsp3) is 0.562. The Morgan fingerprint density at radius 3 is 2.78 bits per heavy atom. The molecule has 1 saturated heterocycles. The third-order valence-corrected chi connectivity index (χ3v) is 3.99. The Kier molecular flexibility index (Phi) is 6.70. The second-order valence-corrected chi connectivity index (χ2v) is 5.60. The molecule has 0 aliphatic carbocycles. The van der Waals surface area contributed by atoms with E-state index in [1.165, 1.54) is 12.1 Å². The smallest absolute Gasteiger partial charge is 0.387 e. The minimum atomic E-state index is -3.04. The lowest BCUT2D eigenvalue weighted by Gasteiger charge is -2.22. The van der Waals surface area contributed by atoms with Crippen LogP contribution in [-0.2, 0) is 11.3 Å². The number of alkyl halides is 2. The first kappa shape index (κ1) is 17.6. The second kappa shape index (κ2) is 8.76. The first-order valence-electron chi connectivity index (χ1n) is 7.76. The highest BCUT2D eigenvalue weighted by Gasteiger charge is 2.16. The number of hydrogen-bond donors (Lipinski definition) is 2. The van der Waals surface area contributed by atoms with Crippen molar-refractivity contribution in [1.82, 2.24) is 10.6 Å². The zero-order valence-corrected chi connectivity index (χ0v) is 12.8. The number of benzene rings is 1. The first-order chi connectivity index (χ1) is 11.1. The Morgan fingerprint density at radius 1 is 1.35 bits per heavy atom. The molecule has 23 heavy (non-hydrogen) atoms. The van der Waals surface area contributed by atoms with Crippen LogP contribution in [-0.4, -0.2) is 25.6 Å². The van der Waals surface area contributed by atoms with Gasteiger partial charge in [-0.05, 0) is 50.4 Å². The molecular formula is C16H21F3N2O2. The Balaban J connectivity index is 1.83. The molecule has 1 fully saturated rings. The number of hydrogen-bond acceptors (Lipinski definition) is 3. The predicted molar refractivity (Wildman–Crippen MR) is 79.7 cm³/mol. The molecule has 1 heterocycles. The summed E-state index contributed by atoms with van der Waals surface area (Å²) in [4.78, 5) is 11.9. The van der Waals surface area contributed by atoms with E-state index in [1.54, 1.807) is 0 Å². The van der Waals surface area contributed by atoms with E-state index in [4.69, 9.17) is 0 Å². The zero-order chi connectivity index (χ0) is 16.7. The Bertz CT molecular complexity index is 520. The topological polar surface area (TPSA) is 50.4 Å². The summed E-state index contributed by atoms with van der Waals surface area (Å²) < 4.78 is 42.7. The van der Waals surface area contributed by atoms with Crippen LogP contribution in [0.15, 0.2) is 18.2 Å². The average molecular weight is 330 g/mol. The highest BCUT2D eigenvalue weighted by Crippen LogP contribution is 2.23. The molecule has 0 atom stereocenters. The third-order valence-electron chi connectivity index (χ3n) is 3.99. The second-order valence-electron chi connectivity index (χ2n) is 5.60. The van der Waals surface area contributed by atoms with Gasteiger partial charge in [-0.1, -0.05) is 6.07 Å². The minimum Gasteiger partial charge on any atom is -0.434 e. The lowest BCUT2D eigenvalue weighted by molar-refractivity contribution is -0.121. The quantitative estimate of drug-likeness (QED) is 0.808. The highest BCUT2D eigenvalue weighted by atomic mass is 19.3. The van der Waals surface area contributed by atoms with Gasteiger partial charge in [-0.3, -0.25) is 4.79 Å². The van der Waals surface area contributed by atoms with Gasteiger partial charge in [0.15, 0.2) is 0 Å².